The van der Waals surface area contributed by atoms with Crippen LogP contribution in [0.25, 0.3) is 0 Å². The molecule has 0 bridgehead atoms. The van der Waals surface area contributed by atoms with Crippen molar-refractivity contribution in [3.63, 3.8) is 0 Å². The Labute approximate surface area is 159 Å². The average Bonchev–Trinajstić information content (AvgIpc) is 2.69. The molecule has 144 valence electrons. The van der Waals surface area contributed by atoms with E-state index in [1.807, 2.05) is 13.1 Å². The molecule has 1 fully saturated rings. The molecule has 0 N–H and O–H groups in total. The minimum Gasteiger partial charge on any atom is -0.497 e. The van der Waals surface area contributed by atoms with Gasteiger partial charge in [-0.15, -0.1) is 0 Å². The van der Waals surface area contributed by atoms with E-state index < -0.39 is 15.6 Å². The van der Waals surface area contributed by atoms with Crippen LogP contribution in [-0.2, 0) is 26.8 Å². The Morgan fingerprint density at radius 2 is 2.04 bits per heavy atom. The van der Waals surface area contributed by atoms with Crippen molar-refractivity contribution in [3.8, 4) is 5.75 Å². The van der Waals surface area contributed by atoms with Gasteiger partial charge in [0, 0.05) is 19.3 Å². The van der Waals surface area contributed by atoms with E-state index in [2.05, 4.69) is 9.97 Å². The van der Waals surface area contributed by atoms with Gasteiger partial charge < -0.3 is 9.47 Å². The highest BCUT2D eigenvalue weighted by atomic mass is 32.2. The van der Waals surface area contributed by atoms with Gasteiger partial charge in [-0.2, -0.15) is 4.31 Å². The van der Waals surface area contributed by atoms with Gasteiger partial charge >= 0.3 is 0 Å². The molecule has 0 saturated carbocycles. The molecular weight excluding hydrogens is 366 g/mol. The van der Waals surface area contributed by atoms with E-state index in [0.29, 0.717) is 24.7 Å². The third-order valence-electron chi connectivity index (χ3n) is 5.28. The minimum atomic E-state index is -3.62. The SMILES string of the molecule is COc1ccc(S(=O)(=O)N2CCC[C@]3(C2)OCCc2cnc(C)nc23)cc1. The largest absolute Gasteiger partial charge is 0.497 e. The molecule has 8 heteroatoms. The molecule has 0 unspecified atom stereocenters. The quantitative estimate of drug-likeness (QED) is 0.799. The van der Waals surface area contributed by atoms with Gasteiger partial charge in [0.1, 0.15) is 17.2 Å². The number of ether oxygens (including phenoxy) is 2. The summed E-state index contributed by atoms with van der Waals surface area (Å²) in [7, 11) is -2.07. The van der Waals surface area contributed by atoms with Crippen LogP contribution in [0.4, 0.5) is 0 Å². The predicted molar refractivity (Wildman–Crippen MR) is 99.1 cm³/mol. The maximum atomic E-state index is 13.2. The first-order valence-corrected chi connectivity index (χ1v) is 10.5. The lowest BCUT2D eigenvalue weighted by Crippen LogP contribution is -2.52. The van der Waals surface area contributed by atoms with Crippen LogP contribution in [0.5, 0.6) is 5.75 Å². The monoisotopic (exact) mass is 389 g/mol. The van der Waals surface area contributed by atoms with E-state index in [0.717, 1.165) is 30.5 Å². The number of nitrogens with zero attached hydrogens (tertiary/aromatic N) is 3. The van der Waals surface area contributed by atoms with Gasteiger partial charge in [-0.25, -0.2) is 18.4 Å². The van der Waals surface area contributed by atoms with Gasteiger partial charge in [-0.1, -0.05) is 0 Å². The van der Waals surface area contributed by atoms with Crippen molar-refractivity contribution in [1.82, 2.24) is 14.3 Å². The van der Waals surface area contributed by atoms with Crippen molar-refractivity contribution in [1.29, 1.82) is 0 Å². The molecule has 27 heavy (non-hydrogen) atoms. The van der Waals surface area contributed by atoms with Crippen LogP contribution in [0, 0.1) is 6.92 Å². The zero-order valence-electron chi connectivity index (χ0n) is 15.5. The summed E-state index contributed by atoms with van der Waals surface area (Å²) in [6.07, 6.45) is 4.07. The Morgan fingerprint density at radius 1 is 1.26 bits per heavy atom. The van der Waals surface area contributed by atoms with Crippen LogP contribution in [0.1, 0.15) is 29.9 Å². The van der Waals surface area contributed by atoms with Gasteiger partial charge in [-0.05, 0) is 56.0 Å². The average molecular weight is 389 g/mol. The van der Waals surface area contributed by atoms with Crippen LogP contribution in [0.3, 0.4) is 0 Å². The molecule has 2 aliphatic heterocycles. The maximum Gasteiger partial charge on any atom is 0.243 e. The summed E-state index contributed by atoms with van der Waals surface area (Å²) in [4.78, 5) is 9.18. The van der Waals surface area contributed by atoms with Crippen molar-refractivity contribution in [2.75, 3.05) is 26.8 Å². The molecule has 1 atom stereocenters. The van der Waals surface area contributed by atoms with E-state index in [1.54, 1.807) is 31.4 Å². The number of aromatic nitrogens is 2. The Morgan fingerprint density at radius 3 is 2.78 bits per heavy atom. The molecule has 1 aromatic carbocycles. The summed E-state index contributed by atoms with van der Waals surface area (Å²) in [5.41, 5.74) is 1.20. The van der Waals surface area contributed by atoms with E-state index in [9.17, 15) is 8.42 Å². The van der Waals surface area contributed by atoms with Crippen molar-refractivity contribution < 1.29 is 17.9 Å². The van der Waals surface area contributed by atoms with Crippen LogP contribution in [-0.4, -0.2) is 49.5 Å². The van der Waals surface area contributed by atoms with E-state index >= 15 is 0 Å². The molecule has 3 heterocycles. The fourth-order valence-electron chi connectivity index (χ4n) is 3.89. The highest BCUT2D eigenvalue weighted by Crippen LogP contribution is 2.40. The molecule has 0 radical (unpaired) electrons. The van der Waals surface area contributed by atoms with Gasteiger partial charge in [-0.3, -0.25) is 0 Å². The lowest BCUT2D eigenvalue weighted by Gasteiger charge is -2.44. The summed E-state index contributed by atoms with van der Waals surface area (Å²) in [5, 5.41) is 0. The molecule has 2 aliphatic rings. The highest BCUT2D eigenvalue weighted by molar-refractivity contribution is 7.89. The number of benzene rings is 1. The second-order valence-electron chi connectivity index (χ2n) is 7.00. The van der Waals surface area contributed by atoms with Crippen LogP contribution < -0.4 is 4.74 Å². The fraction of sp³-hybridized carbons (Fsp3) is 0.474. The Kier molecular flexibility index (Phi) is 4.65. The van der Waals surface area contributed by atoms with Crippen LogP contribution in [0.2, 0.25) is 0 Å². The third-order valence-corrected chi connectivity index (χ3v) is 7.14. The van der Waals surface area contributed by atoms with Gasteiger partial charge in [0.2, 0.25) is 10.0 Å². The van der Waals surface area contributed by atoms with Gasteiger partial charge in [0.05, 0.1) is 24.3 Å². The van der Waals surface area contributed by atoms with E-state index in [1.165, 1.54) is 4.31 Å². The summed E-state index contributed by atoms with van der Waals surface area (Å²) < 4.78 is 39.2. The third kappa shape index (κ3) is 3.22. The zero-order valence-corrected chi connectivity index (χ0v) is 16.3. The number of fused-ring (bicyclic) bond motifs is 2. The first kappa shape index (κ1) is 18.3. The topological polar surface area (TPSA) is 81.6 Å². The Balaban J connectivity index is 1.68. The normalized spacial score (nSPS) is 23.2. The highest BCUT2D eigenvalue weighted by Gasteiger charge is 2.46. The van der Waals surface area contributed by atoms with Crippen molar-refractivity contribution >= 4 is 10.0 Å². The number of rotatable bonds is 3. The number of methoxy groups -OCH3 is 1. The molecule has 7 nitrogen and oxygen atoms in total. The maximum absolute atomic E-state index is 13.2. The minimum absolute atomic E-state index is 0.259. The molecule has 2 aromatic rings. The lowest BCUT2D eigenvalue weighted by molar-refractivity contribution is -0.0935. The van der Waals surface area contributed by atoms with Crippen molar-refractivity contribution in [3.05, 3.63) is 47.5 Å². The van der Waals surface area contributed by atoms with Gasteiger partial charge in [0.25, 0.3) is 0 Å². The summed E-state index contributed by atoms with van der Waals surface area (Å²) in [6.45, 7) is 3.14. The van der Waals surface area contributed by atoms with Crippen LogP contribution in [0.15, 0.2) is 35.4 Å². The second kappa shape index (κ2) is 6.85. The summed E-state index contributed by atoms with van der Waals surface area (Å²) in [6, 6.07) is 6.49. The number of aryl methyl sites for hydroxylation is 1. The summed E-state index contributed by atoms with van der Waals surface area (Å²) >= 11 is 0. The molecule has 1 aromatic heterocycles. The first-order valence-electron chi connectivity index (χ1n) is 9.06. The molecule has 4 rings (SSSR count). The fourth-order valence-corrected chi connectivity index (χ4v) is 5.42. The predicted octanol–water partition coefficient (Wildman–Crippen LogP) is 2.05. The van der Waals surface area contributed by atoms with Gasteiger partial charge in [0.15, 0.2) is 0 Å². The molecular formula is C19H23N3O4S. The second-order valence-corrected chi connectivity index (χ2v) is 8.94. The number of hydrogen-bond donors (Lipinski definition) is 0. The molecule has 1 saturated heterocycles. The Hall–Kier alpha value is -2.03. The van der Waals surface area contributed by atoms with Crippen molar-refractivity contribution in [2.45, 2.75) is 36.7 Å². The van der Waals surface area contributed by atoms with E-state index in [-0.39, 0.29) is 11.4 Å². The number of piperidine rings is 1. The lowest BCUT2D eigenvalue weighted by atomic mass is 9.85. The summed E-state index contributed by atoms with van der Waals surface area (Å²) in [5.74, 6) is 1.30. The van der Waals surface area contributed by atoms with Crippen molar-refractivity contribution in [2.24, 2.45) is 0 Å². The smallest absolute Gasteiger partial charge is 0.243 e. The van der Waals surface area contributed by atoms with E-state index in [4.69, 9.17) is 9.47 Å². The number of hydrogen-bond acceptors (Lipinski definition) is 6. The molecule has 1 spiro atoms. The standard InChI is InChI=1S/C19H23N3O4S/c1-14-20-12-15-8-11-26-19(18(15)21-14)9-3-10-22(13-19)27(23,24)17-6-4-16(25-2)5-7-17/h4-7,12H,3,8-11,13H2,1-2H3/t19-/m1/s1. The first-order chi connectivity index (χ1) is 12.9. The zero-order chi connectivity index (χ0) is 19.1. The van der Waals surface area contributed by atoms with Crippen LogP contribution >= 0.6 is 0 Å². The number of sulfonamides is 1. The molecule has 0 aliphatic carbocycles. The Bertz CT molecular complexity index is 946. The molecule has 0 amide bonds.